The Kier molecular flexibility index (Phi) is 3.56. The number of fused-ring (bicyclic) bond motifs is 1. The fourth-order valence-electron chi connectivity index (χ4n) is 3.88. The number of piperidine rings is 1. The SMILES string of the molecule is Cc1cc2c(N3CCC(N(C)C4CC4)CC3)cc(F)c(C)n2n1. The lowest BCUT2D eigenvalue weighted by Gasteiger charge is -2.38. The van der Waals surface area contributed by atoms with Crippen molar-refractivity contribution in [3.63, 3.8) is 0 Å². The van der Waals surface area contributed by atoms with E-state index in [1.807, 2.05) is 6.92 Å². The molecule has 1 saturated carbocycles. The maximum Gasteiger partial charge on any atom is 0.146 e. The van der Waals surface area contributed by atoms with Gasteiger partial charge in [0.05, 0.1) is 22.6 Å². The molecule has 3 heterocycles. The van der Waals surface area contributed by atoms with Crippen molar-refractivity contribution in [1.82, 2.24) is 14.5 Å². The molecule has 2 fully saturated rings. The second kappa shape index (κ2) is 5.48. The molecule has 0 bridgehead atoms. The van der Waals surface area contributed by atoms with Gasteiger partial charge < -0.3 is 9.80 Å². The van der Waals surface area contributed by atoms with Crippen LogP contribution >= 0.6 is 0 Å². The van der Waals surface area contributed by atoms with Gasteiger partial charge in [-0.3, -0.25) is 0 Å². The maximum atomic E-state index is 14.3. The molecule has 2 aromatic rings. The highest BCUT2D eigenvalue weighted by atomic mass is 19.1. The van der Waals surface area contributed by atoms with Crippen LogP contribution in [0.3, 0.4) is 0 Å². The summed E-state index contributed by atoms with van der Waals surface area (Å²) in [6.45, 7) is 5.73. The van der Waals surface area contributed by atoms with Gasteiger partial charge in [-0.2, -0.15) is 5.10 Å². The van der Waals surface area contributed by atoms with Crippen molar-refractivity contribution in [1.29, 1.82) is 0 Å². The number of rotatable bonds is 3. The Bertz CT molecular complexity index is 726. The fraction of sp³-hybridized carbons (Fsp3) is 0.611. The number of hydrogen-bond donors (Lipinski definition) is 0. The van der Waals surface area contributed by atoms with Gasteiger partial charge in [0.2, 0.25) is 0 Å². The van der Waals surface area contributed by atoms with E-state index >= 15 is 0 Å². The number of halogens is 1. The summed E-state index contributed by atoms with van der Waals surface area (Å²) >= 11 is 0. The highest BCUT2D eigenvalue weighted by Crippen LogP contribution is 2.33. The number of aromatic nitrogens is 2. The Hall–Kier alpha value is -1.62. The summed E-state index contributed by atoms with van der Waals surface area (Å²) in [4.78, 5) is 4.89. The van der Waals surface area contributed by atoms with Gasteiger partial charge in [-0.05, 0) is 52.6 Å². The number of hydrogen-bond acceptors (Lipinski definition) is 3. The van der Waals surface area contributed by atoms with E-state index in [9.17, 15) is 4.39 Å². The Balaban J connectivity index is 1.59. The van der Waals surface area contributed by atoms with Crippen LogP contribution in [0.5, 0.6) is 0 Å². The Morgan fingerprint density at radius 1 is 1.09 bits per heavy atom. The fourth-order valence-corrected chi connectivity index (χ4v) is 3.88. The van der Waals surface area contributed by atoms with Crippen LogP contribution in [0.25, 0.3) is 5.52 Å². The second-order valence-electron chi connectivity index (χ2n) is 7.16. The molecule has 124 valence electrons. The van der Waals surface area contributed by atoms with Crippen molar-refractivity contribution in [2.45, 2.75) is 51.6 Å². The van der Waals surface area contributed by atoms with Gasteiger partial charge in [-0.1, -0.05) is 0 Å². The molecule has 1 aliphatic carbocycles. The van der Waals surface area contributed by atoms with Gasteiger partial charge in [-0.15, -0.1) is 0 Å². The van der Waals surface area contributed by atoms with Crippen LogP contribution in [0.2, 0.25) is 0 Å². The Morgan fingerprint density at radius 3 is 2.39 bits per heavy atom. The molecule has 0 amide bonds. The summed E-state index contributed by atoms with van der Waals surface area (Å²) in [6, 6.07) is 5.24. The van der Waals surface area contributed by atoms with Crippen LogP contribution in [0, 0.1) is 19.7 Å². The van der Waals surface area contributed by atoms with Crippen LogP contribution in [0.15, 0.2) is 12.1 Å². The molecule has 4 rings (SSSR count). The van der Waals surface area contributed by atoms with Crippen LogP contribution in [-0.2, 0) is 0 Å². The standard InChI is InChI=1S/C18H25FN4/c1-12-10-18-17(11-16(19)13(2)23(18)20-12)22-8-6-15(7-9-22)21(3)14-4-5-14/h10-11,14-15H,4-9H2,1-3H3. The first-order chi connectivity index (χ1) is 11.0. The van der Waals surface area contributed by atoms with Crippen molar-refractivity contribution < 1.29 is 4.39 Å². The average molecular weight is 316 g/mol. The van der Waals surface area contributed by atoms with E-state index in [2.05, 4.69) is 28.0 Å². The lowest BCUT2D eigenvalue weighted by atomic mass is 10.0. The van der Waals surface area contributed by atoms with Gasteiger partial charge in [0.15, 0.2) is 0 Å². The zero-order chi connectivity index (χ0) is 16.1. The highest BCUT2D eigenvalue weighted by Gasteiger charge is 2.33. The van der Waals surface area contributed by atoms with E-state index in [1.165, 1.54) is 12.8 Å². The normalized spacial score (nSPS) is 20.0. The molecule has 5 heteroatoms. The summed E-state index contributed by atoms with van der Waals surface area (Å²) in [5, 5.41) is 4.45. The monoisotopic (exact) mass is 316 g/mol. The van der Waals surface area contributed by atoms with E-state index in [-0.39, 0.29) is 5.82 Å². The molecule has 0 atom stereocenters. The molecule has 0 radical (unpaired) electrons. The number of nitrogens with zero attached hydrogens (tertiary/aromatic N) is 4. The predicted molar refractivity (Wildman–Crippen MR) is 90.6 cm³/mol. The lowest BCUT2D eigenvalue weighted by Crippen LogP contribution is -2.44. The highest BCUT2D eigenvalue weighted by molar-refractivity contribution is 5.74. The van der Waals surface area contributed by atoms with E-state index in [1.54, 1.807) is 17.5 Å². The zero-order valence-corrected chi connectivity index (χ0v) is 14.2. The topological polar surface area (TPSA) is 23.8 Å². The minimum absolute atomic E-state index is 0.173. The van der Waals surface area contributed by atoms with Crippen LogP contribution in [0.4, 0.5) is 10.1 Å². The minimum Gasteiger partial charge on any atom is -0.370 e. The summed E-state index contributed by atoms with van der Waals surface area (Å²) in [6.07, 6.45) is 5.02. The molecule has 4 nitrogen and oxygen atoms in total. The number of pyridine rings is 1. The molecular weight excluding hydrogens is 291 g/mol. The van der Waals surface area contributed by atoms with Crippen molar-refractivity contribution in [3.8, 4) is 0 Å². The summed E-state index contributed by atoms with van der Waals surface area (Å²) < 4.78 is 16.0. The third-order valence-corrected chi connectivity index (χ3v) is 5.52. The largest absolute Gasteiger partial charge is 0.370 e. The molecule has 1 aliphatic heterocycles. The van der Waals surface area contributed by atoms with Gasteiger partial charge in [0.1, 0.15) is 5.82 Å². The van der Waals surface area contributed by atoms with Crippen LogP contribution in [0.1, 0.15) is 37.1 Å². The molecule has 0 aromatic carbocycles. The zero-order valence-electron chi connectivity index (χ0n) is 14.2. The minimum atomic E-state index is -0.173. The summed E-state index contributed by atoms with van der Waals surface area (Å²) in [5.41, 5.74) is 3.53. The van der Waals surface area contributed by atoms with Crippen molar-refractivity contribution >= 4 is 11.2 Å². The average Bonchev–Trinajstić information content (AvgIpc) is 3.32. The molecule has 0 spiro atoms. The van der Waals surface area contributed by atoms with Gasteiger partial charge in [-0.25, -0.2) is 8.91 Å². The van der Waals surface area contributed by atoms with E-state index in [0.717, 1.165) is 48.9 Å². The van der Waals surface area contributed by atoms with Gasteiger partial charge >= 0.3 is 0 Å². The van der Waals surface area contributed by atoms with Crippen molar-refractivity contribution in [3.05, 3.63) is 29.3 Å². The first kappa shape index (κ1) is 14.9. The Morgan fingerprint density at radius 2 is 1.74 bits per heavy atom. The second-order valence-corrected chi connectivity index (χ2v) is 7.16. The molecule has 0 unspecified atom stereocenters. The lowest BCUT2D eigenvalue weighted by molar-refractivity contribution is 0.199. The van der Waals surface area contributed by atoms with E-state index < -0.39 is 0 Å². The maximum absolute atomic E-state index is 14.3. The molecule has 2 aromatic heterocycles. The molecular formula is C18H25FN4. The number of aryl methyl sites for hydroxylation is 2. The quantitative estimate of drug-likeness (QED) is 0.869. The van der Waals surface area contributed by atoms with Crippen molar-refractivity contribution in [2.24, 2.45) is 0 Å². The molecule has 0 N–H and O–H groups in total. The van der Waals surface area contributed by atoms with Crippen molar-refractivity contribution in [2.75, 3.05) is 25.0 Å². The van der Waals surface area contributed by atoms with Gasteiger partial charge in [0.25, 0.3) is 0 Å². The number of anilines is 1. The van der Waals surface area contributed by atoms with Crippen LogP contribution < -0.4 is 4.90 Å². The van der Waals surface area contributed by atoms with Gasteiger partial charge in [0, 0.05) is 31.2 Å². The smallest absolute Gasteiger partial charge is 0.146 e. The first-order valence-corrected chi connectivity index (χ1v) is 8.67. The predicted octanol–water partition coefficient (Wildman–Crippen LogP) is 3.15. The molecule has 2 aliphatic rings. The first-order valence-electron chi connectivity index (χ1n) is 8.67. The molecule has 1 saturated heterocycles. The van der Waals surface area contributed by atoms with Crippen LogP contribution in [-0.4, -0.2) is 46.7 Å². The third-order valence-electron chi connectivity index (χ3n) is 5.52. The van der Waals surface area contributed by atoms with E-state index in [4.69, 9.17) is 0 Å². The summed E-state index contributed by atoms with van der Waals surface area (Å²) in [5.74, 6) is -0.173. The van der Waals surface area contributed by atoms with E-state index in [0.29, 0.717) is 11.7 Å². The molecule has 23 heavy (non-hydrogen) atoms. The third kappa shape index (κ3) is 2.61. The summed E-state index contributed by atoms with van der Waals surface area (Å²) in [7, 11) is 2.27. The Labute approximate surface area is 136 Å².